The third-order valence-corrected chi connectivity index (χ3v) is 2.49. The van der Waals surface area contributed by atoms with E-state index in [0.717, 1.165) is 26.2 Å². The summed E-state index contributed by atoms with van der Waals surface area (Å²) >= 11 is 0. The van der Waals surface area contributed by atoms with Crippen LogP contribution in [-0.4, -0.2) is 65.7 Å². The number of guanidine groups is 1. The van der Waals surface area contributed by atoms with Crippen LogP contribution in [0.25, 0.3) is 0 Å². The summed E-state index contributed by atoms with van der Waals surface area (Å²) in [4.78, 5) is 13.0. The van der Waals surface area contributed by atoms with Gasteiger partial charge in [0.1, 0.15) is 0 Å². The predicted molar refractivity (Wildman–Crippen MR) is 73.3 cm³/mol. The molecule has 0 N–H and O–H groups in total. The van der Waals surface area contributed by atoms with Gasteiger partial charge in [0.05, 0.1) is 45.4 Å². The second kappa shape index (κ2) is 10.6. The molecule has 18 heavy (non-hydrogen) atoms. The van der Waals surface area contributed by atoms with E-state index in [4.69, 9.17) is 15.3 Å². The number of rotatable bonds is 4. The van der Waals surface area contributed by atoms with E-state index in [2.05, 4.69) is 56.2 Å². The number of hydrogen-bond donors (Lipinski definition) is 0. The minimum Gasteiger partial charge on any atom is -0.356 e. The minimum atomic E-state index is -1.75. The fourth-order valence-electron chi connectivity index (χ4n) is 1.78. The third kappa shape index (κ3) is 7.70. The Balaban J connectivity index is 0. The summed E-state index contributed by atoms with van der Waals surface area (Å²) in [5, 5.41) is 14.8. The van der Waals surface area contributed by atoms with Gasteiger partial charge in [-0.2, -0.15) is 0 Å². The van der Waals surface area contributed by atoms with Gasteiger partial charge in [0, 0.05) is 0 Å². The fraction of sp³-hybridized carbons (Fsp3) is 0.909. The van der Waals surface area contributed by atoms with Gasteiger partial charge in [0.15, 0.2) is 0 Å². The van der Waals surface area contributed by atoms with Crippen molar-refractivity contribution in [3.05, 3.63) is 15.3 Å². The molecule has 0 radical (unpaired) electrons. The fourth-order valence-corrected chi connectivity index (χ4v) is 1.78. The van der Waals surface area contributed by atoms with Crippen LogP contribution in [0, 0.1) is 15.3 Å². The van der Waals surface area contributed by atoms with E-state index in [1.165, 1.54) is 5.96 Å². The lowest BCUT2D eigenvalue weighted by Crippen LogP contribution is -2.48. The first-order valence-electron chi connectivity index (χ1n) is 6.21. The second-order valence-electron chi connectivity index (χ2n) is 3.76. The number of hydrogen-bond acceptors (Lipinski definition) is 3. The smallest absolute Gasteiger partial charge is 0.349 e. The Labute approximate surface area is 109 Å². The van der Waals surface area contributed by atoms with Crippen molar-refractivity contribution < 1.29 is 9.66 Å². The summed E-state index contributed by atoms with van der Waals surface area (Å²) in [5.41, 5.74) is 0. The van der Waals surface area contributed by atoms with Crippen LogP contribution in [0.15, 0.2) is 0 Å². The first-order valence-corrected chi connectivity index (χ1v) is 6.21. The molecule has 0 aromatic rings. The van der Waals surface area contributed by atoms with E-state index in [-0.39, 0.29) is 0 Å². The summed E-state index contributed by atoms with van der Waals surface area (Å²) in [7, 11) is 4.23. The molecule has 0 aliphatic rings. The molecule has 0 saturated heterocycles. The molecular formula is C11H26N4O3. The quantitative estimate of drug-likeness (QED) is 0.249. The average molecular weight is 262 g/mol. The van der Waals surface area contributed by atoms with Crippen LogP contribution < -0.4 is 0 Å². The minimum absolute atomic E-state index is 1.07. The van der Waals surface area contributed by atoms with Crippen molar-refractivity contribution >= 4 is 5.96 Å². The molecule has 0 aliphatic heterocycles. The normalized spacial score (nSPS) is 9.00. The zero-order chi connectivity index (χ0) is 14.7. The maximum absolute atomic E-state index is 8.25. The molecule has 7 heteroatoms. The van der Waals surface area contributed by atoms with Gasteiger partial charge in [-0.1, -0.05) is 0 Å². The molecule has 108 valence electrons. The van der Waals surface area contributed by atoms with Crippen molar-refractivity contribution in [3.8, 4) is 0 Å². The standard InChI is InChI=1S/C11H26N3.NO3/c1-7-13(8-2)11(12(5)6)14(9-3)10-4;2-1(3)4/h7-10H2,1-6H3;/q+1;-1. The second-order valence-corrected chi connectivity index (χ2v) is 3.76. The molecule has 0 atom stereocenters. The summed E-state index contributed by atoms with van der Waals surface area (Å²) in [5.74, 6) is 1.33. The highest BCUT2D eigenvalue weighted by molar-refractivity contribution is 5.75. The van der Waals surface area contributed by atoms with Crippen molar-refractivity contribution in [2.45, 2.75) is 27.7 Å². The molecule has 0 amide bonds. The van der Waals surface area contributed by atoms with Crippen molar-refractivity contribution in [2.24, 2.45) is 0 Å². The van der Waals surface area contributed by atoms with Gasteiger partial charge < -0.3 is 15.3 Å². The molecule has 0 aromatic carbocycles. The van der Waals surface area contributed by atoms with Gasteiger partial charge in [0.2, 0.25) is 0 Å². The molecule has 0 unspecified atom stereocenters. The largest absolute Gasteiger partial charge is 0.356 e. The summed E-state index contributed by atoms with van der Waals surface area (Å²) in [6.45, 7) is 13.1. The Hall–Kier alpha value is -1.53. The van der Waals surface area contributed by atoms with Crippen LogP contribution in [0.4, 0.5) is 0 Å². The van der Waals surface area contributed by atoms with Crippen LogP contribution in [0.2, 0.25) is 0 Å². The van der Waals surface area contributed by atoms with E-state index >= 15 is 0 Å². The van der Waals surface area contributed by atoms with E-state index in [0.29, 0.717) is 0 Å². The van der Waals surface area contributed by atoms with Crippen LogP contribution >= 0.6 is 0 Å². The van der Waals surface area contributed by atoms with Crippen LogP contribution in [0.3, 0.4) is 0 Å². The first kappa shape index (κ1) is 18.8. The topological polar surface area (TPSA) is 75.7 Å². The van der Waals surface area contributed by atoms with Crippen molar-refractivity contribution in [1.29, 1.82) is 0 Å². The zero-order valence-corrected chi connectivity index (χ0v) is 12.3. The van der Waals surface area contributed by atoms with Crippen molar-refractivity contribution in [1.82, 2.24) is 9.80 Å². The van der Waals surface area contributed by atoms with Gasteiger partial charge in [-0.05, 0) is 27.7 Å². The molecule has 0 spiro atoms. The molecule has 0 aliphatic carbocycles. The SMILES string of the molecule is CCN(CC)C(N(CC)CC)=[N+](C)C.O=[N+]([O-])[O-]. The van der Waals surface area contributed by atoms with Gasteiger partial charge >= 0.3 is 5.96 Å². The summed E-state index contributed by atoms with van der Waals surface area (Å²) in [6, 6.07) is 0. The highest BCUT2D eigenvalue weighted by Gasteiger charge is 2.22. The molecular weight excluding hydrogens is 236 g/mol. The van der Waals surface area contributed by atoms with Crippen LogP contribution in [0.5, 0.6) is 0 Å². The molecule has 0 rings (SSSR count). The third-order valence-electron chi connectivity index (χ3n) is 2.49. The summed E-state index contributed by atoms with van der Waals surface area (Å²) < 4.78 is 2.21. The molecule has 0 fully saturated rings. The van der Waals surface area contributed by atoms with E-state index < -0.39 is 5.09 Å². The van der Waals surface area contributed by atoms with E-state index in [1.807, 2.05) is 0 Å². The number of nitrogens with zero attached hydrogens (tertiary/aromatic N) is 4. The lowest BCUT2D eigenvalue weighted by atomic mass is 10.4. The molecule has 0 heterocycles. The lowest BCUT2D eigenvalue weighted by Gasteiger charge is -2.26. The highest BCUT2D eigenvalue weighted by atomic mass is 16.9. The highest BCUT2D eigenvalue weighted by Crippen LogP contribution is 1.98. The molecule has 0 bridgehead atoms. The van der Waals surface area contributed by atoms with E-state index in [1.54, 1.807) is 0 Å². The Morgan fingerprint density at radius 3 is 1.22 bits per heavy atom. The lowest BCUT2D eigenvalue weighted by molar-refractivity contribution is -0.476. The maximum Gasteiger partial charge on any atom is 0.349 e. The van der Waals surface area contributed by atoms with Gasteiger partial charge in [-0.15, -0.1) is 0 Å². The molecule has 7 nitrogen and oxygen atoms in total. The Bertz CT molecular complexity index is 239. The van der Waals surface area contributed by atoms with Crippen LogP contribution in [-0.2, 0) is 0 Å². The first-order chi connectivity index (χ1) is 8.35. The van der Waals surface area contributed by atoms with Crippen molar-refractivity contribution in [2.75, 3.05) is 40.3 Å². The Morgan fingerprint density at radius 2 is 1.11 bits per heavy atom. The Kier molecular flexibility index (Phi) is 11.1. The van der Waals surface area contributed by atoms with Gasteiger partial charge in [0.25, 0.3) is 0 Å². The monoisotopic (exact) mass is 262 g/mol. The van der Waals surface area contributed by atoms with Gasteiger partial charge in [-0.25, -0.2) is 0 Å². The predicted octanol–water partition coefficient (Wildman–Crippen LogP) is 1.06. The van der Waals surface area contributed by atoms with E-state index in [9.17, 15) is 0 Å². The molecule has 0 aromatic heterocycles. The molecule has 0 saturated carbocycles. The van der Waals surface area contributed by atoms with Gasteiger partial charge in [-0.3, -0.25) is 14.4 Å². The summed E-state index contributed by atoms with van der Waals surface area (Å²) in [6.07, 6.45) is 0. The van der Waals surface area contributed by atoms with Crippen LogP contribution in [0.1, 0.15) is 27.7 Å². The average Bonchev–Trinajstić information content (AvgIpc) is 2.28. The zero-order valence-electron chi connectivity index (χ0n) is 12.3. The van der Waals surface area contributed by atoms with Crippen molar-refractivity contribution in [3.63, 3.8) is 0 Å². The maximum atomic E-state index is 8.25. The Morgan fingerprint density at radius 1 is 0.889 bits per heavy atom.